The molecule has 1 fully saturated rings. The molecule has 0 aromatic heterocycles. The lowest BCUT2D eigenvalue weighted by molar-refractivity contribution is -0.132. The van der Waals surface area contributed by atoms with E-state index in [2.05, 4.69) is 5.32 Å². The van der Waals surface area contributed by atoms with E-state index in [-0.39, 0.29) is 28.4 Å². The first kappa shape index (κ1) is 21.2. The molecule has 0 unspecified atom stereocenters. The molecule has 27 heavy (non-hydrogen) atoms. The summed E-state index contributed by atoms with van der Waals surface area (Å²) in [4.78, 5) is 25.8. The Morgan fingerprint density at radius 2 is 2.04 bits per heavy atom. The van der Waals surface area contributed by atoms with Gasteiger partial charge in [-0.3, -0.25) is 9.59 Å². The van der Waals surface area contributed by atoms with Gasteiger partial charge in [-0.05, 0) is 38.0 Å². The van der Waals surface area contributed by atoms with Gasteiger partial charge in [0.15, 0.2) is 0 Å². The van der Waals surface area contributed by atoms with Crippen molar-refractivity contribution >= 4 is 27.5 Å². The zero-order valence-electron chi connectivity index (χ0n) is 16.2. The van der Waals surface area contributed by atoms with Crippen molar-refractivity contribution in [3.05, 3.63) is 18.2 Å². The summed E-state index contributed by atoms with van der Waals surface area (Å²) in [5.74, 6) is -0.348. The molecule has 1 aliphatic heterocycles. The molecule has 1 aromatic rings. The number of anilines is 1. The number of hydrogen-bond donors (Lipinski definition) is 1. The second-order valence-corrected chi connectivity index (χ2v) is 8.80. The third-order valence-electron chi connectivity index (χ3n) is 4.51. The minimum absolute atomic E-state index is 0.00107. The lowest BCUT2D eigenvalue weighted by atomic mass is 9.97. The number of amides is 2. The number of rotatable bonds is 6. The van der Waals surface area contributed by atoms with Gasteiger partial charge < -0.3 is 15.0 Å². The molecule has 1 aromatic carbocycles. The van der Waals surface area contributed by atoms with Gasteiger partial charge in [-0.15, -0.1) is 0 Å². The van der Waals surface area contributed by atoms with Gasteiger partial charge in [0.05, 0.1) is 12.5 Å². The summed E-state index contributed by atoms with van der Waals surface area (Å²) in [6.07, 6.45) is 1.46. The molecule has 0 aliphatic carbocycles. The normalized spacial score (nSPS) is 17.7. The number of nitrogens with zero attached hydrogens (tertiary/aromatic N) is 2. The second kappa shape index (κ2) is 8.71. The largest absolute Gasteiger partial charge is 0.492 e. The van der Waals surface area contributed by atoms with Crippen molar-refractivity contribution in [2.45, 2.75) is 31.6 Å². The number of hydrogen-bond acceptors (Lipinski definition) is 5. The Hall–Kier alpha value is -2.13. The summed E-state index contributed by atoms with van der Waals surface area (Å²) in [7, 11) is -0.850. The van der Waals surface area contributed by atoms with E-state index in [0.29, 0.717) is 31.8 Å². The fraction of sp³-hybridized carbons (Fsp3) is 0.556. The number of ether oxygens (including phenoxy) is 1. The summed E-state index contributed by atoms with van der Waals surface area (Å²) < 4.78 is 31.7. The lowest BCUT2D eigenvalue weighted by Gasteiger charge is -2.31. The molecule has 1 heterocycles. The fourth-order valence-electron chi connectivity index (χ4n) is 2.98. The lowest BCUT2D eigenvalue weighted by Crippen LogP contribution is -2.42. The maximum atomic E-state index is 12.6. The van der Waals surface area contributed by atoms with Crippen LogP contribution in [0.2, 0.25) is 0 Å². The average molecular weight is 397 g/mol. The van der Waals surface area contributed by atoms with Gasteiger partial charge in [0, 0.05) is 39.8 Å². The minimum Gasteiger partial charge on any atom is -0.492 e. The molecule has 8 nitrogen and oxygen atoms in total. The number of likely N-dealkylation sites (tertiary alicyclic amines) is 1. The monoisotopic (exact) mass is 397 g/mol. The molecule has 2 rings (SSSR count). The van der Waals surface area contributed by atoms with E-state index >= 15 is 0 Å². The minimum atomic E-state index is -3.73. The quantitative estimate of drug-likeness (QED) is 0.785. The average Bonchev–Trinajstić information content (AvgIpc) is 2.63. The van der Waals surface area contributed by atoms with Crippen molar-refractivity contribution < 1.29 is 22.7 Å². The van der Waals surface area contributed by atoms with E-state index in [1.807, 2.05) is 0 Å². The van der Waals surface area contributed by atoms with Gasteiger partial charge in [-0.2, -0.15) is 0 Å². The Kier molecular flexibility index (Phi) is 6.83. The van der Waals surface area contributed by atoms with Crippen LogP contribution in [0, 0.1) is 5.92 Å². The number of carbonyl (C=O) groups excluding carboxylic acids is 2. The van der Waals surface area contributed by atoms with Crippen LogP contribution in [0.15, 0.2) is 23.1 Å². The van der Waals surface area contributed by atoms with Crippen molar-refractivity contribution in [3.8, 4) is 5.75 Å². The standard InChI is InChI=1S/C18H27N3O5S/c1-5-26-16-9-8-15(11-17(16)27(24,25)20(3)4)19-18(23)14-7-6-10-21(12-14)13(2)22/h8-9,11,14H,5-7,10,12H2,1-4H3,(H,19,23)/t14-/m0/s1. The molecule has 150 valence electrons. The first-order chi connectivity index (χ1) is 12.7. The first-order valence-electron chi connectivity index (χ1n) is 8.92. The number of nitrogens with one attached hydrogen (secondary N) is 1. The Labute approximate surface area is 160 Å². The Balaban J connectivity index is 2.24. The second-order valence-electron chi connectivity index (χ2n) is 6.68. The highest BCUT2D eigenvalue weighted by Gasteiger charge is 2.28. The summed E-state index contributed by atoms with van der Waals surface area (Å²) in [6, 6.07) is 4.56. The van der Waals surface area contributed by atoms with Crippen LogP contribution in [0.1, 0.15) is 26.7 Å². The zero-order chi connectivity index (χ0) is 20.2. The molecule has 0 radical (unpaired) electrons. The van der Waals surface area contributed by atoms with E-state index in [4.69, 9.17) is 4.74 Å². The molecular formula is C18H27N3O5S. The van der Waals surface area contributed by atoms with E-state index in [1.54, 1.807) is 17.9 Å². The smallest absolute Gasteiger partial charge is 0.246 e. The number of piperidine rings is 1. The van der Waals surface area contributed by atoms with Crippen LogP contribution in [-0.2, 0) is 19.6 Å². The molecule has 0 spiro atoms. The van der Waals surface area contributed by atoms with Gasteiger partial charge in [0.25, 0.3) is 0 Å². The highest BCUT2D eigenvalue weighted by molar-refractivity contribution is 7.89. The van der Waals surface area contributed by atoms with Gasteiger partial charge in [0.2, 0.25) is 21.8 Å². The van der Waals surface area contributed by atoms with Crippen molar-refractivity contribution in [1.82, 2.24) is 9.21 Å². The van der Waals surface area contributed by atoms with Crippen LogP contribution in [0.25, 0.3) is 0 Å². The summed E-state index contributed by atoms with van der Waals surface area (Å²) in [5, 5.41) is 2.78. The van der Waals surface area contributed by atoms with E-state index in [9.17, 15) is 18.0 Å². The summed E-state index contributed by atoms with van der Waals surface area (Å²) >= 11 is 0. The Morgan fingerprint density at radius 3 is 2.63 bits per heavy atom. The molecule has 1 N–H and O–H groups in total. The highest BCUT2D eigenvalue weighted by Crippen LogP contribution is 2.30. The topological polar surface area (TPSA) is 96.0 Å². The van der Waals surface area contributed by atoms with Crippen molar-refractivity contribution in [2.75, 3.05) is 39.1 Å². The molecule has 1 aliphatic rings. The zero-order valence-corrected chi connectivity index (χ0v) is 17.0. The van der Waals surface area contributed by atoms with Crippen LogP contribution in [0.5, 0.6) is 5.75 Å². The van der Waals surface area contributed by atoms with Gasteiger partial charge >= 0.3 is 0 Å². The molecule has 1 atom stereocenters. The van der Waals surface area contributed by atoms with Crippen LogP contribution in [-0.4, -0.2) is 63.2 Å². The van der Waals surface area contributed by atoms with Gasteiger partial charge in [-0.1, -0.05) is 0 Å². The van der Waals surface area contributed by atoms with Gasteiger partial charge in [0.1, 0.15) is 10.6 Å². The van der Waals surface area contributed by atoms with E-state index < -0.39 is 10.0 Å². The van der Waals surface area contributed by atoms with Crippen LogP contribution < -0.4 is 10.1 Å². The Morgan fingerprint density at radius 1 is 1.33 bits per heavy atom. The molecule has 0 saturated carbocycles. The molecule has 0 bridgehead atoms. The van der Waals surface area contributed by atoms with E-state index in [1.165, 1.54) is 33.2 Å². The first-order valence-corrected chi connectivity index (χ1v) is 10.4. The van der Waals surface area contributed by atoms with Gasteiger partial charge in [-0.25, -0.2) is 12.7 Å². The van der Waals surface area contributed by atoms with Crippen LogP contribution >= 0.6 is 0 Å². The predicted molar refractivity (Wildman–Crippen MR) is 102 cm³/mol. The predicted octanol–water partition coefficient (Wildman–Crippen LogP) is 1.53. The fourth-order valence-corrected chi connectivity index (χ4v) is 4.03. The van der Waals surface area contributed by atoms with Crippen molar-refractivity contribution in [3.63, 3.8) is 0 Å². The maximum absolute atomic E-state index is 12.6. The molecule has 9 heteroatoms. The third-order valence-corrected chi connectivity index (χ3v) is 6.34. The van der Waals surface area contributed by atoms with Crippen LogP contribution in [0.3, 0.4) is 0 Å². The number of sulfonamides is 1. The van der Waals surface area contributed by atoms with Crippen molar-refractivity contribution in [2.24, 2.45) is 5.92 Å². The molecular weight excluding hydrogens is 370 g/mol. The maximum Gasteiger partial charge on any atom is 0.246 e. The SMILES string of the molecule is CCOc1ccc(NC(=O)[C@H]2CCCN(C(C)=O)C2)cc1S(=O)(=O)N(C)C. The number of carbonyl (C=O) groups is 2. The highest BCUT2D eigenvalue weighted by atomic mass is 32.2. The molecule has 2 amide bonds. The van der Waals surface area contributed by atoms with Crippen LogP contribution in [0.4, 0.5) is 5.69 Å². The molecule has 1 saturated heterocycles. The Bertz CT molecular complexity index is 807. The third kappa shape index (κ3) is 4.98. The number of benzene rings is 1. The van der Waals surface area contributed by atoms with Crippen molar-refractivity contribution in [1.29, 1.82) is 0 Å². The summed E-state index contributed by atoms with van der Waals surface area (Å²) in [5.41, 5.74) is 0.379. The van der Waals surface area contributed by atoms with E-state index in [0.717, 1.165) is 10.7 Å². The summed E-state index contributed by atoms with van der Waals surface area (Å²) in [6.45, 7) is 4.62.